The van der Waals surface area contributed by atoms with Crippen LogP contribution in [0.15, 0.2) is 6.33 Å². The first-order valence-corrected chi connectivity index (χ1v) is 6.02. The SMILES string of the molecule is CNc1ncnc(NCCSC)c1OC. The van der Waals surface area contributed by atoms with Gasteiger partial charge in [-0.25, -0.2) is 9.97 Å². The van der Waals surface area contributed by atoms with Gasteiger partial charge in [-0.1, -0.05) is 0 Å². The van der Waals surface area contributed by atoms with Gasteiger partial charge in [0.15, 0.2) is 11.6 Å². The van der Waals surface area contributed by atoms with Crippen LogP contribution in [-0.2, 0) is 0 Å². The lowest BCUT2D eigenvalue weighted by Gasteiger charge is -2.11. The third kappa shape index (κ3) is 3.16. The monoisotopic (exact) mass is 228 g/mol. The van der Waals surface area contributed by atoms with Crippen molar-refractivity contribution in [1.82, 2.24) is 9.97 Å². The number of methoxy groups -OCH3 is 1. The van der Waals surface area contributed by atoms with Gasteiger partial charge in [-0.15, -0.1) is 0 Å². The summed E-state index contributed by atoms with van der Waals surface area (Å²) in [4.78, 5) is 8.20. The molecule has 2 N–H and O–H groups in total. The molecule has 5 nitrogen and oxygen atoms in total. The minimum atomic E-state index is 0.654. The molecule has 0 aromatic carbocycles. The van der Waals surface area contributed by atoms with Gasteiger partial charge < -0.3 is 15.4 Å². The van der Waals surface area contributed by atoms with Gasteiger partial charge in [0.2, 0.25) is 5.75 Å². The normalized spacial score (nSPS) is 9.80. The average molecular weight is 228 g/mol. The highest BCUT2D eigenvalue weighted by molar-refractivity contribution is 7.98. The molecule has 0 aliphatic heterocycles. The summed E-state index contributed by atoms with van der Waals surface area (Å²) in [5.74, 6) is 3.10. The second-order valence-corrected chi connectivity index (χ2v) is 3.76. The van der Waals surface area contributed by atoms with E-state index in [0.29, 0.717) is 11.6 Å². The number of nitrogens with one attached hydrogen (secondary N) is 2. The Labute approximate surface area is 94.0 Å². The van der Waals surface area contributed by atoms with Crippen molar-refractivity contribution in [3.63, 3.8) is 0 Å². The number of thioether (sulfide) groups is 1. The van der Waals surface area contributed by atoms with Crippen LogP contribution in [0.5, 0.6) is 5.75 Å². The molecular formula is C9H16N4OS. The van der Waals surface area contributed by atoms with Crippen molar-refractivity contribution in [3.05, 3.63) is 6.33 Å². The molecule has 84 valence electrons. The largest absolute Gasteiger partial charge is 0.490 e. The third-order valence-corrected chi connectivity index (χ3v) is 2.46. The molecule has 1 rings (SSSR count). The number of nitrogens with zero attached hydrogens (tertiary/aromatic N) is 2. The summed E-state index contributed by atoms with van der Waals surface area (Å²) in [6, 6.07) is 0. The molecule has 1 heterocycles. The lowest BCUT2D eigenvalue weighted by atomic mass is 10.4. The summed E-state index contributed by atoms with van der Waals surface area (Å²) < 4.78 is 5.24. The van der Waals surface area contributed by atoms with E-state index >= 15 is 0 Å². The zero-order chi connectivity index (χ0) is 11.1. The highest BCUT2D eigenvalue weighted by atomic mass is 32.2. The van der Waals surface area contributed by atoms with Crippen LogP contribution in [0.2, 0.25) is 0 Å². The molecule has 0 amide bonds. The second-order valence-electron chi connectivity index (χ2n) is 2.77. The maximum absolute atomic E-state index is 5.24. The zero-order valence-corrected chi connectivity index (χ0v) is 10.0. The fourth-order valence-electron chi connectivity index (χ4n) is 1.14. The maximum Gasteiger partial charge on any atom is 0.204 e. The van der Waals surface area contributed by atoms with E-state index in [2.05, 4.69) is 26.9 Å². The van der Waals surface area contributed by atoms with Gasteiger partial charge in [-0.05, 0) is 6.26 Å². The Morgan fingerprint density at radius 2 is 2.13 bits per heavy atom. The van der Waals surface area contributed by atoms with Crippen LogP contribution in [0.3, 0.4) is 0 Å². The van der Waals surface area contributed by atoms with E-state index in [1.54, 1.807) is 25.9 Å². The van der Waals surface area contributed by atoms with E-state index in [4.69, 9.17) is 4.74 Å². The first-order valence-electron chi connectivity index (χ1n) is 4.63. The van der Waals surface area contributed by atoms with Gasteiger partial charge in [0.25, 0.3) is 0 Å². The van der Waals surface area contributed by atoms with Crippen molar-refractivity contribution < 1.29 is 4.74 Å². The number of hydrogen-bond acceptors (Lipinski definition) is 6. The van der Waals surface area contributed by atoms with Gasteiger partial charge in [0.1, 0.15) is 6.33 Å². The van der Waals surface area contributed by atoms with E-state index in [0.717, 1.165) is 18.1 Å². The Balaban J connectivity index is 2.76. The standard InChI is InChI=1S/C9H16N4OS/c1-10-8-7(14-2)9(13-6-12-8)11-4-5-15-3/h6H,4-5H2,1-3H3,(H2,10,11,12,13). The van der Waals surface area contributed by atoms with Crippen LogP contribution in [-0.4, -0.2) is 42.7 Å². The Morgan fingerprint density at radius 3 is 2.73 bits per heavy atom. The predicted molar refractivity (Wildman–Crippen MR) is 65.0 cm³/mol. The van der Waals surface area contributed by atoms with Crippen LogP contribution in [0, 0.1) is 0 Å². The van der Waals surface area contributed by atoms with E-state index in [1.807, 2.05) is 0 Å². The van der Waals surface area contributed by atoms with E-state index in [-0.39, 0.29) is 0 Å². The number of hydrogen-bond donors (Lipinski definition) is 2. The van der Waals surface area contributed by atoms with Gasteiger partial charge in [-0.3, -0.25) is 0 Å². The molecule has 0 spiro atoms. The zero-order valence-electron chi connectivity index (χ0n) is 9.20. The molecule has 1 aromatic rings. The molecule has 0 atom stereocenters. The minimum absolute atomic E-state index is 0.654. The smallest absolute Gasteiger partial charge is 0.204 e. The van der Waals surface area contributed by atoms with Crippen LogP contribution in [0.1, 0.15) is 0 Å². The van der Waals surface area contributed by atoms with Crippen molar-refractivity contribution in [3.8, 4) is 5.75 Å². The Kier molecular flexibility index (Phi) is 5.03. The van der Waals surface area contributed by atoms with Gasteiger partial charge in [-0.2, -0.15) is 11.8 Å². The molecule has 0 bridgehead atoms. The van der Waals surface area contributed by atoms with Crippen LogP contribution < -0.4 is 15.4 Å². The van der Waals surface area contributed by atoms with Crippen LogP contribution in [0.25, 0.3) is 0 Å². The summed E-state index contributed by atoms with van der Waals surface area (Å²) in [5.41, 5.74) is 0. The summed E-state index contributed by atoms with van der Waals surface area (Å²) in [6.07, 6.45) is 3.58. The van der Waals surface area contributed by atoms with Crippen molar-refractivity contribution in [1.29, 1.82) is 0 Å². The molecule has 0 aliphatic carbocycles. The molecule has 0 saturated heterocycles. The third-order valence-electron chi connectivity index (χ3n) is 1.84. The number of ether oxygens (including phenoxy) is 1. The van der Waals surface area contributed by atoms with Gasteiger partial charge >= 0.3 is 0 Å². The number of aromatic nitrogens is 2. The maximum atomic E-state index is 5.24. The van der Waals surface area contributed by atoms with E-state index in [1.165, 1.54) is 6.33 Å². The Bertz CT molecular complexity index is 308. The summed E-state index contributed by atoms with van der Waals surface area (Å²) >= 11 is 1.78. The van der Waals surface area contributed by atoms with Crippen LogP contribution in [0.4, 0.5) is 11.6 Å². The first-order chi connectivity index (χ1) is 7.33. The fraction of sp³-hybridized carbons (Fsp3) is 0.556. The molecule has 6 heteroatoms. The highest BCUT2D eigenvalue weighted by Gasteiger charge is 2.09. The molecule has 15 heavy (non-hydrogen) atoms. The molecule has 1 aromatic heterocycles. The Morgan fingerprint density at radius 1 is 1.40 bits per heavy atom. The summed E-state index contributed by atoms with van der Waals surface area (Å²) in [5, 5.41) is 6.16. The number of rotatable bonds is 6. The first kappa shape index (κ1) is 11.9. The molecule has 0 radical (unpaired) electrons. The summed E-state index contributed by atoms with van der Waals surface area (Å²) in [6.45, 7) is 0.859. The summed E-state index contributed by atoms with van der Waals surface area (Å²) in [7, 11) is 3.41. The lowest BCUT2D eigenvalue weighted by molar-refractivity contribution is 0.415. The van der Waals surface area contributed by atoms with Gasteiger partial charge in [0, 0.05) is 19.3 Å². The van der Waals surface area contributed by atoms with Crippen molar-refractivity contribution >= 4 is 23.4 Å². The molecule has 0 saturated carbocycles. The predicted octanol–water partition coefficient (Wildman–Crippen LogP) is 1.30. The lowest BCUT2D eigenvalue weighted by Crippen LogP contribution is -2.09. The Hall–Kier alpha value is -1.17. The number of anilines is 2. The van der Waals surface area contributed by atoms with E-state index in [9.17, 15) is 0 Å². The molecule has 0 fully saturated rings. The minimum Gasteiger partial charge on any atom is -0.490 e. The topological polar surface area (TPSA) is 59.1 Å². The van der Waals surface area contributed by atoms with Crippen molar-refractivity contribution in [2.24, 2.45) is 0 Å². The van der Waals surface area contributed by atoms with Crippen LogP contribution >= 0.6 is 11.8 Å². The molecule has 0 aliphatic rings. The van der Waals surface area contributed by atoms with Gasteiger partial charge in [0.05, 0.1) is 7.11 Å². The molecule has 0 unspecified atom stereocenters. The van der Waals surface area contributed by atoms with Crippen molar-refractivity contribution in [2.45, 2.75) is 0 Å². The molecular weight excluding hydrogens is 212 g/mol. The average Bonchev–Trinajstić information content (AvgIpc) is 2.29. The quantitative estimate of drug-likeness (QED) is 0.716. The highest BCUT2D eigenvalue weighted by Crippen LogP contribution is 2.28. The van der Waals surface area contributed by atoms with Crippen molar-refractivity contribution in [2.75, 3.05) is 43.3 Å². The van der Waals surface area contributed by atoms with E-state index < -0.39 is 0 Å². The second kappa shape index (κ2) is 6.34. The fourth-order valence-corrected chi connectivity index (χ4v) is 1.45.